The molecular formula is C17H16N2O2. The lowest BCUT2D eigenvalue weighted by atomic mass is 9.90. The van der Waals surface area contributed by atoms with Crippen molar-refractivity contribution in [3.8, 4) is 0 Å². The summed E-state index contributed by atoms with van der Waals surface area (Å²) >= 11 is 0. The molecule has 21 heavy (non-hydrogen) atoms. The van der Waals surface area contributed by atoms with Crippen molar-refractivity contribution >= 4 is 23.2 Å². The van der Waals surface area contributed by atoms with Gasteiger partial charge in [0.25, 0.3) is 0 Å². The number of aryl methyl sites for hydroxylation is 1. The van der Waals surface area contributed by atoms with E-state index < -0.39 is 5.92 Å². The predicted molar refractivity (Wildman–Crippen MR) is 82.2 cm³/mol. The van der Waals surface area contributed by atoms with Gasteiger partial charge in [0.2, 0.25) is 11.8 Å². The molecule has 1 atom stereocenters. The molecule has 2 amide bonds. The standard InChI is InChI=1S/C17H16N2O2/c1-11-5-4-6-12(9-11)18-17(21)14-10-16(20)19-15-8-3-2-7-13(14)15/h2-9,14H,10H2,1H3,(H,18,21)(H,19,20)/t14-/m1/s1. The largest absolute Gasteiger partial charge is 0.326 e. The summed E-state index contributed by atoms with van der Waals surface area (Å²) in [6, 6.07) is 15.1. The summed E-state index contributed by atoms with van der Waals surface area (Å²) in [4.78, 5) is 24.3. The second-order valence-corrected chi connectivity index (χ2v) is 5.25. The molecule has 4 nitrogen and oxygen atoms in total. The molecule has 0 saturated carbocycles. The Kier molecular flexibility index (Phi) is 3.44. The van der Waals surface area contributed by atoms with Gasteiger partial charge in [-0.1, -0.05) is 30.3 Å². The number of hydrogen-bond acceptors (Lipinski definition) is 2. The molecular weight excluding hydrogens is 264 g/mol. The molecule has 1 aliphatic rings. The Hall–Kier alpha value is -2.62. The summed E-state index contributed by atoms with van der Waals surface area (Å²) in [6.07, 6.45) is 0.175. The van der Waals surface area contributed by atoms with Gasteiger partial charge in [0, 0.05) is 17.8 Å². The van der Waals surface area contributed by atoms with Crippen molar-refractivity contribution in [2.45, 2.75) is 19.3 Å². The summed E-state index contributed by atoms with van der Waals surface area (Å²) in [5, 5.41) is 5.69. The van der Waals surface area contributed by atoms with Crippen LogP contribution in [0.5, 0.6) is 0 Å². The van der Waals surface area contributed by atoms with Crippen LogP contribution in [0.15, 0.2) is 48.5 Å². The highest BCUT2D eigenvalue weighted by molar-refractivity contribution is 6.05. The molecule has 3 rings (SSSR count). The fraction of sp³-hybridized carbons (Fsp3) is 0.176. The van der Waals surface area contributed by atoms with Crippen molar-refractivity contribution in [1.29, 1.82) is 0 Å². The Morgan fingerprint density at radius 3 is 2.81 bits per heavy atom. The Labute approximate surface area is 123 Å². The summed E-state index contributed by atoms with van der Waals surface area (Å²) in [7, 11) is 0. The third-order valence-electron chi connectivity index (χ3n) is 3.60. The number of amides is 2. The predicted octanol–water partition coefficient (Wildman–Crippen LogP) is 3.06. The Bertz CT molecular complexity index is 709. The van der Waals surface area contributed by atoms with Crippen LogP contribution in [0.2, 0.25) is 0 Å². The first-order valence-electron chi connectivity index (χ1n) is 6.90. The summed E-state index contributed by atoms with van der Waals surface area (Å²) in [5.74, 6) is -0.726. The third-order valence-corrected chi connectivity index (χ3v) is 3.60. The quantitative estimate of drug-likeness (QED) is 0.888. The van der Waals surface area contributed by atoms with Gasteiger partial charge < -0.3 is 10.6 Å². The Morgan fingerprint density at radius 1 is 1.19 bits per heavy atom. The fourth-order valence-corrected chi connectivity index (χ4v) is 2.60. The smallest absolute Gasteiger partial charge is 0.232 e. The second kappa shape index (κ2) is 5.40. The molecule has 0 aromatic heterocycles. The van der Waals surface area contributed by atoms with Crippen LogP contribution in [0.25, 0.3) is 0 Å². The highest BCUT2D eigenvalue weighted by Gasteiger charge is 2.30. The highest BCUT2D eigenvalue weighted by atomic mass is 16.2. The summed E-state index contributed by atoms with van der Waals surface area (Å²) in [6.45, 7) is 1.97. The van der Waals surface area contributed by atoms with Crippen molar-refractivity contribution in [3.63, 3.8) is 0 Å². The molecule has 0 unspecified atom stereocenters. The van der Waals surface area contributed by atoms with E-state index in [2.05, 4.69) is 10.6 Å². The van der Waals surface area contributed by atoms with E-state index in [1.807, 2.05) is 55.5 Å². The molecule has 0 aliphatic carbocycles. The maximum atomic E-state index is 12.5. The molecule has 2 N–H and O–H groups in total. The average molecular weight is 280 g/mol. The van der Waals surface area contributed by atoms with E-state index in [1.165, 1.54) is 0 Å². The molecule has 0 bridgehead atoms. The number of anilines is 2. The van der Waals surface area contributed by atoms with E-state index in [-0.39, 0.29) is 18.2 Å². The van der Waals surface area contributed by atoms with Gasteiger partial charge in [-0.05, 0) is 36.2 Å². The van der Waals surface area contributed by atoms with E-state index in [4.69, 9.17) is 0 Å². The normalized spacial score (nSPS) is 16.8. The zero-order valence-electron chi connectivity index (χ0n) is 11.7. The van der Waals surface area contributed by atoms with E-state index in [1.54, 1.807) is 0 Å². The van der Waals surface area contributed by atoms with Crippen molar-refractivity contribution in [3.05, 3.63) is 59.7 Å². The third kappa shape index (κ3) is 2.79. The first kappa shape index (κ1) is 13.4. The maximum Gasteiger partial charge on any atom is 0.232 e. The van der Waals surface area contributed by atoms with Gasteiger partial charge in [-0.2, -0.15) is 0 Å². The van der Waals surface area contributed by atoms with Gasteiger partial charge in [0.1, 0.15) is 0 Å². The van der Waals surface area contributed by atoms with E-state index >= 15 is 0 Å². The van der Waals surface area contributed by atoms with Crippen LogP contribution in [0.3, 0.4) is 0 Å². The molecule has 4 heteroatoms. The second-order valence-electron chi connectivity index (χ2n) is 5.25. The number of fused-ring (bicyclic) bond motifs is 1. The zero-order chi connectivity index (χ0) is 14.8. The van der Waals surface area contributed by atoms with Crippen LogP contribution in [0.1, 0.15) is 23.5 Å². The number of nitrogens with one attached hydrogen (secondary N) is 2. The molecule has 2 aromatic rings. The number of carbonyl (C=O) groups is 2. The van der Waals surface area contributed by atoms with Crippen LogP contribution in [-0.2, 0) is 9.59 Å². The van der Waals surface area contributed by atoms with Crippen LogP contribution in [-0.4, -0.2) is 11.8 Å². The van der Waals surface area contributed by atoms with Gasteiger partial charge in [0.05, 0.1) is 5.92 Å². The molecule has 0 radical (unpaired) electrons. The minimum atomic E-state index is -0.449. The lowest BCUT2D eigenvalue weighted by Gasteiger charge is -2.24. The molecule has 0 saturated heterocycles. The summed E-state index contributed by atoms with van der Waals surface area (Å²) in [5.41, 5.74) is 3.42. The molecule has 106 valence electrons. The Balaban J connectivity index is 1.86. The van der Waals surface area contributed by atoms with Gasteiger partial charge >= 0.3 is 0 Å². The molecule has 0 spiro atoms. The lowest BCUT2D eigenvalue weighted by molar-refractivity contribution is -0.123. The van der Waals surface area contributed by atoms with Crippen molar-refractivity contribution in [1.82, 2.24) is 0 Å². The number of carbonyl (C=O) groups excluding carboxylic acids is 2. The van der Waals surface area contributed by atoms with Gasteiger partial charge in [-0.25, -0.2) is 0 Å². The van der Waals surface area contributed by atoms with E-state index in [9.17, 15) is 9.59 Å². The zero-order valence-corrected chi connectivity index (χ0v) is 11.7. The van der Waals surface area contributed by atoms with Crippen LogP contribution < -0.4 is 10.6 Å². The monoisotopic (exact) mass is 280 g/mol. The van der Waals surface area contributed by atoms with Crippen LogP contribution in [0.4, 0.5) is 11.4 Å². The number of benzene rings is 2. The molecule has 0 fully saturated rings. The van der Waals surface area contributed by atoms with Gasteiger partial charge in [-0.15, -0.1) is 0 Å². The number of rotatable bonds is 2. The minimum absolute atomic E-state index is 0.127. The van der Waals surface area contributed by atoms with Crippen LogP contribution in [0, 0.1) is 6.92 Å². The highest BCUT2D eigenvalue weighted by Crippen LogP contribution is 2.32. The van der Waals surface area contributed by atoms with Crippen LogP contribution >= 0.6 is 0 Å². The van der Waals surface area contributed by atoms with E-state index in [0.717, 1.165) is 22.5 Å². The van der Waals surface area contributed by atoms with Crippen molar-refractivity contribution in [2.75, 3.05) is 10.6 Å². The first-order chi connectivity index (χ1) is 10.1. The number of para-hydroxylation sites is 1. The minimum Gasteiger partial charge on any atom is -0.326 e. The maximum absolute atomic E-state index is 12.5. The lowest BCUT2D eigenvalue weighted by Crippen LogP contribution is -2.30. The fourth-order valence-electron chi connectivity index (χ4n) is 2.60. The van der Waals surface area contributed by atoms with Gasteiger partial charge in [0.15, 0.2) is 0 Å². The number of hydrogen-bond donors (Lipinski definition) is 2. The topological polar surface area (TPSA) is 58.2 Å². The average Bonchev–Trinajstić information content (AvgIpc) is 2.46. The summed E-state index contributed by atoms with van der Waals surface area (Å²) < 4.78 is 0. The first-order valence-corrected chi connectivity index (χ1v) is 6.90. The molecule has 2 aromatic carbocycles. The Morgan fingerprint density at radius 2 is 2.00 bits per heavy atom. The van der Waals surface area contributed by atoms with E-state index in [0.29, 0.717) is 0 Å². The van der Waals surface area contributed by atoms with Crippen molar-refractivity contribution < 1.29 is 9.59 Å². The SMILES string of the molecule is Cc1cccc(NC(=O)[C@@H]2CC(=O)Nc3ccccc32)c1. The molecule has 1 heterocycles. The van der Waals surface area contributed by atoms with Gasteiger partial charge in [-0.3, -0.25) is 9.59 Å². The molecule has 1 aliphatic heterocycles. The van der Waals surface area contributed by atoms with Crippen molar-refractivity contribution in [2.24, 2.45) is 0 Å².